The van der Waals surface area contributed by atoms with Gasteiger partial charge < -0.3 is 49.6 Å². The summed E-state index contributed by atoms with van der Waals surface area (Å²) in [6.45, 7) is 0.666. The van der Waals surface area contributed by atoms with Gasteiger partial charge in [0, 0.05) is 13.0 Å². The monoisotopic (exact) mass is 354 g/mol. The zero-order chi connectivity index (χ0) is 18.0. The van der Waals surface area contributed by atoms with Crippen LogP contribution in [0.25, 0.3) is 0 Å². The molecule has 6 N–H and O–H groups in total. The van der Waals surface area contributed by atoms with Gasteiger partial charge in [-0.1, -0.05) is 6.92 Å². The molecule has 0 aromatic rings. The van der Waals surface area contributed by atoms with Crippen LogP contribution in [-0.2, 0) is 18.9 Å². The van der Waals surface area contributed by atoms with Crippen molar-refractivity contribution < 1.29 is 49.6 Å². The van der Waals surface area contributed by atoms with Gasteiger partial charge in [0.25, 0.3) is 0 Å². The van der Waals surface area contributed by atoms with Gasteiger partial charge in [-0.05, 0) is 0 Å². The maximum Gasteiger partial charge on any atom is 0.187 e. The van der Waals surface area contributed by atoms with Crippen LogP contribution in [0.1, 0.15) is 6.92 Å². The summed E-state index contributed by atoms with van der Waals surface area (Å²) in [7, 11) is 1.27. The Hall–Kier alpha value is -0.400. The molecule has 2 heterocycles. The Morgan fingerprint density at radius 2 is 1.33 bits per heavy atom. The first-order valence-electron chi connectivity index (χ1n) is 7.78. The summed E-state index contributed by atoms with van der Waals surface area (Å²) in [6, 6.07) is 0. The van der Waals surface area contributed by atoms with Crippen LogP contribution in [0.2, 0.25) is 0 Å². The van der Waals surface area contributed by atoms with E-state index < -0.39 is 74.4 Å². The third-order valence-electron chi connectivity index (χ3n) is 4.59. The molecule has 5 unspecified atom stereocenters. The van der Waals surface area contributed by atoms with Crippen molar-refractivity contribution in [1.82, 2.24) is 0 Å². The van der Waals surface area contributed by atoms with Crippen LogP contribution in [0, 0.1) is 5.92 Å². The smallest absolute Gasteiger partial charge is 0.187 e. The van der Waals surface area contributed by atoms with Crippen molar-refractivity contribution in [2.75, 3.05) is 20.3 Å². The number of ether oxygens (including phenoxy) is 4. The Labute approximate surface area is 139 Å². The maximum absolute atomic E-state index is 10.2. The third kappa shape index (κ3) is 3.73. The molecule has 2 fully saturated rings. The summed E-state index contributed by atoms with van der Waals surface area (Å²) in [5.41, 5.74) is 0. The van der Waals surface area contributed by atoms with Crippen LogP contribution in [0.4, 0.5) is 0 Å². The van der Waals surface area contributed by atoms with E-state index in [0.717, 1.165) is 0 Å². The molecule has 2 saturated heterocycles. The van der Waals surface area contributed by atoms with Crippen molar-refractivity contribution in [3.8, 4) is 0 Å². The average Bonchev–Trinajstić information content (AvgIpc) is 2.59. The van der Waals surface area contributed by atoms with Crippen molar-refractivity contribution in [3.05, 3.63) is 0 Å². The zero-order valence-corrected chi connectivity index (χ0v) is 13.5. The van der Waals surface area contributed by atoms with E-state index in [-0.39, 0.29) is 0 Å². The molecule has 2 rings (SSSR count). The Balaban J connectivity index is 2.12. The first-order chi connectivity index (χ1) is 11.3. The Bertz CT molecular complexity index is 392. The number of hydrogen-bond donors (Lipinski definition) is 6. The predicted octanol–water partition coefficient (Wildman–Crippen LogP) is -3.47. The normalized spacial score (nSPS) is 50.0. The van der Waals surface area contributed by atoms with E-state index in [0.29, 0.717) is 0 Å². The quantitative estimate of drug-likeness (QED) is 0.293. The highest BCUT2D eigenvalue weighted by molar-refractivity contribution is 4.93. The van der Waals surface area contributed by atoms with Gasteiger partial charge >= 0.3 is 0 Å². The minimum Gasteiger partial charge on any atom is -0.394 e. The zero-order valence-electron chi connectivity index (χ0n) is 13.5. The van der Waals surface area contributed by atoms with Gasteiger partial charge in [0.2, 0.25) is 0 Å². The van der Waals surface area contributed by atoms with Crippen LogP contribution < -0.4 is 0 Å². The summed E-state index contributed by atoms with van der Waals surface area (Å²) in [5.74, 6) is -0.533. The van der Waals surface area contributed by atoms with Gasteiger partial charge in [0.05, 0.1) is 25.4 Å². The molecule has 142 valence electrons. The van der Waals surface area contributed by atoms with E-state index in [1.54, 1.807) is 6.92 Å². The Kier molecular flexibility index (Phi) is 6.90. The second-order valence-electron chi connectivity index (χ2n) is 6.11. The molecule has 10 atom stereocenters. The number of aliphatic hydroxyl groups excluding tert-OH is 6. The van der Waals surface area contributed by atoms with E-state index in [1.807, 2.05) is 0 Å². The molecule has 0 bridgehead atoms. The van der Waals surface area contributed by atoms with Crippen molar-refractivity contribution in [2.45, 2.75) is 62.2 Å². The molecular formula is C14H26O10. The molecule has 0 aromatic heterocycles. The molecule has 0 spiro atoms. The van der Waals surface area contributed by atoms with Crippen LogP contribution in [0.15, 0.2) is 0 Å². The van der Waals surface area contributed by atoms with Gasteiger partial charge in [-0.25, -0.2) is 0 Å². The summed E-state index contributed by atoms with van der Waals surface area (Å²) in [5, 5.41) is 59.0. The lowest BCUT2D eigenvalue weighted by Gasteiger charge is -2.46. The minimum absolute atomic E-state index is 0.396. The standard InChI is InChI=1S/C14H26O10/c1-5-6(3-15)22-14(10(19)8(5)17)24-12-7(4-16)23-13(21-2)11(20)9(12)18/h5-20H,3-4H2,1-2H3/t5-,6?,7?,8?,9+,10?,11?,12-,13-,14+/m1/s1. The van der Waals surface area contributed by atoms with E-state index in [9.17, 15) is 30.6 Å². The van der Waals surface area contributed by atoms with Gasteiger partial charge in [-0.15, -0.1) is 0 Å². The van der Waals surface area contributed by atoms with Gasteiger partial charge in [0.15, 0.2) is 12.6 Å². The SMILES string of the molecule is CO[C@@H]1OC(CO)[C@@H](O[C@@H]2OC(CO)[C@@H](C)C(O)C2O)[C@@H](O)C1O. The van der Waals surface area contributed by atoms with Crippen molar-refractivity contribution in [3.63, 3.8) is 0 Å². The molecule has 10 nitrogen and oxygen atoms in total. The molecule has 0 aromatic carbocycles. The second kappa shape index (κ2) is 8.32. The first kappa shape index (κ1) is 19.9. The molecule has 0 amide bonds. The summed E-state index contributed by atoms with van der Waals surface area (Å²) >= 11 is 0. The van der Waals surface area contributed by atoms with Crippen molar-refractivity contribution >= 4 is 0 Å². The molecular weight excluding hydrogens is 328 g/mol. The number of methoxy groups -OCH3 is 1. The summed E-state index contributed by atoms with van der Waals surface area (Å²) in [4.78, 5) is 0. The lowest BCUT2D eigenvalue weighted by molar-refractivity contribution is -0.353. The summed E-state index contributed by atoms with van der Waals surface area (Å²) in [6.07, 6.45) is -11.2. The highest BCUT2D eigenvalue weighted by Crippen LogP contribution is 2.31. The van der Waals surface area contributed by atoms with Crippen molar-refractivity contribution in [1.29, 1.82) is 0 Å². The molecule has 0 radical (unpaired) electrons. The lowest BCUT2D eigenvalue weighted by atomic mass is 9.91. The second-order valence-corrected chi connectivity index (χ2v) is 6.11. The fraction of sp³-hybridized carbons (Fsp3) is 1.00. The molecule has 0 aliphatic carbocycles. The fourth-order valence-electron chi connectivity index (χ4n) is 2.96. The third-order valence-corrected chi connectivity index (χ3v) is 4.59. The first-order valence-corrected chi connectivity index (χ1v) is 7.78. The topological polar surface area (TPSA) is 158 Å². The van der Waals surface area contributed by atoms with Gasteiger partial charge in [0.1, 0.15) is 30.5 Å². The summed E-state index contributed by atoms with van der Waals surface area (Å²) < 4.78 is 21.1. The molecule has 2 aliphatic rings. The fourth-order valence-corrected chi connectivity index (χ4v) is 2.96. The van der Waals surface area contributed by atoms with Crippen LogP contribution >= 0.6 is 0 Å². The van der Waals surface area contributed by atoms with Gasteiger partial charge in [-0.2, -0.15) is 0 Å². The van der Waals surface area contributed by atoms with E-state index in [4.69, 9.17) is 18.9 Å². The Morgan fingerprint density at radius 1 is 0.792 bits per heavy atom. The van der Waals surface area contributed by atoms with Crippen LogP contribution in [-0.4, -0.2) is 106 Å². The van der Waals surface area contributed by atoms with E-state index in [1.165, 1.54) is 7.11 Å². The minimum atomic E-state index is -1.49. The van der Waals surface area contributed by atoms with Gasteiger partial charge in [-0.3, -0.25) is 0 Å². The number of aliphatic hydroxyl groups is 6. The highest BCUT2D eigenvalue weighted by Gasteiger charge is 2.49. The predicted molar refractivity (Wildman–Crippen MR) is 76.6 cm³/mol. The highest BCUT2D eigenvalue weighted by atomic mass is 16.7. The average molecular weight is 354 g/mol. The molecule has 24 heavy (non-hydrogen) atoms. The number of rotatable bonds is 5. The largest absolute Gasteiger partial charge is 0.394 e. The number of hydrogen-bond acceptors (Lipinski definition) is 10. The van der Waals surface area contributed by atoms with E-state index >= 15 is 0 Å². The van der Waals surface area contributed by atoms with Crippen LogP contribution in [0.3, 0.4) is 0 Å². The van der Waals surface area contributed by atoms with E-state index in [2.05, 4.69) is 0 Å². The van der Waals surface area contributed by atoms with Crippen LogP contribution in [0.5, 0.6) is 0 Å². The van der Waals surface area contributed by atoms with Crippen molar-refractivity contribution in [2.24, 2.45) is 5.92 Å². The molecule has 2 aliphatic heterocycles. The molecule has 0 saturated carbocycles. The lowest BCUT2D eigenvalue weighted by Crippen LogP contribution is -2.63. The molecule has 10 heteroatoms. The Morgan fingerprint density at radius 3 is 1.88 bits per heavy atom. The maximum atomic E-state index is 10.2.